The van der Waals surface area contributed by atoms with Crippen LogP contribution < -0.4 is 10.6 Å². The average Bonchev–Trinajstić information content (AvgIpc) is 2.39. The Morgan fingerprint density at radius 1 is 1.37 bits per heavy atom. The van der Waals surface area contributed by atoms with Crippen LogP contribution in [0.25, 0.3) is 0 Å². The van der Waals surface area contributed by atoms with Crippen molar-refractivity contribution in [3.05, 3.63) is 24.3 Å². The monoisotopic (exact) mass is 266 g/mol. The van der Waals surface area contributed by atoms with Crippen LogP contribution in [0.3, 0.4) is 0 Å². The number of benzene rings is 1. The Morgan fingerprint density at radius 2 is 2.05 bits per heavy atom. The number of nitrogens with one attached hydrogen (secondary N) is 2. The third kappa shape index (κ3) is 4.97. The van der Waals surface area contributed by atoms with Crippen LogP contribution in [0.15, 0.2) is 24.3 Å². The van der Waals surface area contributed by atoms with Gasteiger partial charge in [-0.15, -0.1) is 0 Å². The molecule has 3 N–H and O–H groups in total. The summed E-state index contributed by atoms with van der Waals surface area (Å²) in [7, 11) is 0. The van der Waals surface area contributed by atoms with Crippen molar-refractivity contribution in [3.63, 3.8) is 0 Å². The van der Waals surface area contributed by atoms with Crippen LogP contribution in [0.1, 0.15) is 13.8 Å². The van der Waals surface area contributed by atoms with Crippen molar-refractivity contribution in [3.8, 4) is 0 Å². The van der Waals surface area contributed by atoms with Gasteiger partial charge in [0.25, 0.3) is 0 Å². The van der Waals surface area contributed by atoms with Gasteiger partial charge in [0.05, 0.1) is 6.61 Å². The molecule has 0 saturated carbocycles. The predicted octanol–water partition coefficient (Wildman–Crippen LogP) is 0.981. The van der Waals surface area contributed by atoms with Gasteiger partial charge in [0.1, 0.15) is 12.6 Å². The minimum atomic E-state index is -0.573. The molecular weight excluding hydrogens is 248 g/mol. The van der Waals surface area contributed by atoms with E-state index in [1.165, 1.54) is 0 Å². The Morgan fingerprint density at radius 3 is 2.68 bits per heavy atom. The molecule has 6 nitrogen and oxygen atoms in total. The molecule has 1 aromatic carbocycles. The summed E-state index contributed by atoms with van der Waals surface area (Å²) in [5.74, 6) is -0.831. The van der Waals surface area contributed by atoms with Gasteiger partial charge in [-0.05, 0) is 32.0 Å². The summed E-state index contributed by atoms with van der Waals surface area (Å²) in [5.41, 5.74) is 1.22. The maximum atomic E-state index is 11.5. The summed E-state index contributed by atoms with van der Waals surface area (Å²) in [4.78, 5) is 22.5. The van der Waals surface area contributed by atoms with Gasteiger partial charge in [0, 0.05) is 11.4 Å². The first-order chi connectivity index (χ1) is 9.06. The quantitative estimate of drug-likeness (QED) is 0.668. The van der Waals surface area contributed by atoms with Crippen LogP contribution in [0.2, 0.25) is 0 Å². The molecule has 1 atom stereocenters. The summed E-state index contributed by atoms with van der Waals surface area (Å²) in [6, 6.07) is 6.37. The van der Waals surface area contributed by atoms with Crippen LogP contribution >= 0.6 is 0 Å². The molecule has 1 amide bonds. The fourth-order valence-corrected chi connectivity index (χ4v) is 1.46. The second-order valence-electron chi connectivity index (χ2n) is 3.91. The van der Waals surface area contributed by atoms with Crippen LogP contribution in [-0.4, -0.2) is 36.2 Å². The molecular formula is C13H18N2O4. The van der Waals surface area contributed by atoms with E-state index < -0.39 is 18.6 Å². The van der Waals surface area contributed by atoms with Crippen molar-refractivity contribution >= 4 is 23.3 Å². The van der Waals surface area contributed by atoms with Crippen molar-refractivity contribution in [1.29, 1.82) is 0 Å². The molecule has 0 radical (unpaired) electrons. The number of carbonyl (C=O) groups excluding carboxylic acids is 2. The lowest BCUT2D eigenvalue weighted by molar-refractivity contribution is -0.143. The second-order valence-corrected chi connectivity index (χ2v) is 3.91. The highest BCUT2D eigenvalue weighted by Crippen LogP contribution is 2.16. The number of aliphatic hydroxyl groups is 1. The molecule has 1 aromatic rings. The van der Waals surface area contributed by atoms with E-state index in [9.17, 15) is 9.59 Å². The van der Waals surface area contributed by atoms with Gasteiger partial charge in [-0.2, -0.15) is 0 Å². The first-order valence-corrected chi connectivity index (χ1v) is 6.00. The van der Waals surface area contributed by atoms with E-state index in [4.69, 9.17) is 9.84 Å². The van der Waals surface area contributed by atoms with Gasteiger partial charge < -0.3 is 20.5 Å². The van der Waals surface area contributed by atoms with Gasteiger partial charge in [-0.3, -0.25) is 4.79 Å². The molecule has 6 heteroatoms. The normalized spacial score (nSPS) is 11.5. The van der Waals surface area contributed by atoms with E-state index in [-0.39, 0.29) is 5.97 Å². The van der Waals surface area contributed by atoms with E-state index in [0.717, 1.165) is 0 Å². The molecule has 19 heavy (non-hydrogen) atoms. The zero-order chi connectivity index (χ0) is 14.3. The van der Waals surface area contributed by atoms with E-state index in [1.807, 2.05) is 0 Å². The summed E-state index contributed by atoms with van der Waals surface area (Å²) in [6.45, 7) is 3.20. The molecule has 0 aromatic heterocycles. The zero-order valence-corrected chi connectivity index (χ0v) is 11.0. The maximum absolute atomic E-state index is 11.5. The number of rotatable bonds is 6. The Kier molecular flexibility index (Phi) is 5.81. The number of carbonyl (C=O) groups is 2. The number of hydrogen-bond acceptors (Lipinski definition) is 5. The third-order valence-electron chi connectivity index (χ3n) is 2.31. The molecule has 0 saturated heterocycles. The number of ether oxygens (including phenoxy) is 1. The van der Waals surface area contributed by atoms with Gasteiger partial charge in [-0.1, -0.05) is 6.07 Å². The lowest BCUT2D eigenvalue weighted by Gasteiger charge is -2.14. The Labute approximate surface area is 111 Å². The maximum Gasteiger partial charge on any atom is 0.328 e. The lowest BCUT2D eigenvalue weighted by Crippen LogP contribution is -2.28. The van der Waals surface area contributed by atoms with Crippen molar-refractivity contribution < 1.29 is 19.4 Å². The standard InChI is InChI=1S/C13H18N2O4/c1-3-19-13(18)9(2)14-10-5-4-6-11(7-10)15-12(17)8-16/h4-7,9,14,16H,3,8H2,1-2H3,(H,15,17)/t9-/m1/s1. The lowest BCUT2D eigenvalue weighted by atomic mass is 10.2. The second kappa shape index (κ2) is 7.38. The van der Waals surface area contributed by atoms with Crippen molar-refractivity contribution in [1.82, 2.24) is 0 Å². The number of amides is 1. The SMILES string of the molecule is CCOC(=O)[C@@H](C)Nc1cccc(NC(=O)CO)c1. The molecule has 0 unspecified atom stereocenters. The highest BCUT2D eigenvalue weighted by Gasteiger charge is 2.13. The van der Waals surface area contributed by atoms with Crippen LogP contribution in [0.5, 0.6) is 0 Å². The van der Waals surface area contributed by atoms with Crippen LogP contribution in [0, 0.1) is 0 Å². The van der Waals surface area contributed by atoms with Crippen molar-refractivity contribution in [2.24, 2.45) is 0 Å². The largest absolute Gasteiger partial charge is 0.464 e. The highest BCUT2D eigenvalue weighted by atomic mass is 16.5. The number of anilines is 2. The molecule has 0 spiro atoms. The Bertz CT molecular complexity index is 448. The molecule has 0 bridgehead atoms. The Balaban J connectivity index is 2.66. The summed E-state index contributed by atoms with van der Waals surface area (Å²) >= 11 is 0. The zero-order valence-electron chi connectivity index (χ0n) is 11.0. The third-order valence-corrected chi connectivity index (χ3v) is 2.31. The molecule has 0 fully saturated rings. The minimum Gasteiger partial charge on any atom is -0.464 e. The first-order valence-electron chi connectivity index (χ1n) is 6.00. The first kappa shape index (κ1) is 15.0. The predicted molar refractivity (Wildman–Crippen MR) is 71.9 cm³/mol. The van der Waals surface area contributed by atoms with Gasteiger partial charge >= 0.3 is 5.97 Å². The number of esters is 1. The van der Waals surface area contributed by atoms with E-state index in [1.54, 1.807) is 38.1 Å². The number of aliphatic hydroxyl groups excluding tert-OH is 1. The van der Waals surface area contributed by atoms with Crippen LogP contribution in [0.4, 0.5) is 11.4 Å². The summed E-state index contributed by atoms with van der Waals surface area (Å²) in [5, 5.41) is 14.1. The fourth-order valence-electron chi connectivity index (χ4n) is 1.46. The van der Waals surface area contributed by atoms with Gasteiger partial charge in [0.15, 0.2) is 0 Å². The van der Waals surface area contributed by atoms with E-state index in [0.29, 0.717) is 18.0 Å². The topological polar surface area (TPSA) is 87.7 Å². The smallest absolute Gasteiger partial charge is 0.328 e. The molecule has 0 aliphatic carbocycles. The molecule has 0 heterocycles. The minimum absolute atomic E-state index is 0.331. The average molecular weight is 266 g/mol. The molecule has 1 rings (SSSR count). The van der Waals surface area contributed by atoms with Crippen molar-refractivity contribution in [2.75, 3.05) is 23.8 Å². The summed E-state index contributed by atoms with van der Waals surface area (Å²) < 4.78 is 4.88. The molecule has 0 aliphatic rings. The van der Waals surface area contributed by atoms with Crippen LogP contribution in [-0.2, 0) is 14.3 Å². The van der Waals surface area contributed by atoms with Gasteiger partial charge in [0.2, 0.25) is 5.91 Å². The molecule has 0 aliphatic heterocycles. The molecule has 104 valence electrons. The van der Waals surface area contributed by atoms with E-state index >= 15 is 0 Å². The summed E-state index contributed by atoms with van der Waals surface area (Å²) in [6.07, 6.45) is 0. The Hall–Kier alpha value is -2.08. The van der Waals surface area contributed by atoms with Crippen molar-refractivity contribution in [2.45, 2.75) is 19.9 Å². The van der Waals surface area contributed by atoms with E-state index in [2.05, 4.69) is 10.6 Å². The fraction of sp³-hybridized carbons (Fsp3) is 0.385. The van der Waals surface area contributed by atoms with Gasteiger partial charge in [-0.25, -0.2) is 4.79 Å². The number of hydrogen-bond donors (Lipinski definition) is 3. The highest BCUT2D eigenvalue weighted by molar-refractivity contribution is 5.92.